The van der Waals surface area contributed by atoms with Crippen LogP contribution in [0.2, 0.25) is 0 Å². The quantitative estimate of drug-likeness (QED) is 0.499. The SMILES string of the molecule is CC1CCC(C)(C)C(C)C1C. The molecule has 0 aliphatic heterocycles. The molecule has 1 fully saturated rings. The lowest BCUT2D eigenvalue weighted by atomic mass is 9.61. The molecular weight excluding hydrogens is 132 g/mol. The molecule has 0 aromatic heterocycles. The maximum absolute atomic E-state index is 2.42. The third kappa shape index (κ3) is 1.60. The molecule has 66 valence electrons. The summed E-state index contributed by atoms with van der Waals surface area (Å²) in [5.74, 6) is 2.75. The van der Waals surface area contributed by atoms with E-state index in [1.165, 1.54) is 12.8 Å². The zero-order valence-corrected chi connectivity index (χ0v) is 8.65. The predicted octanol–water partition coefficient (Wildman–Crippen LogP) is 3.71. The Morgan fingerprint density at radius 2 is 1.64 bits per heavy atom. The molecule has 0 N–H and O–H groups in total. The molecule has 0 radical (unpaired) electrons. The normalized spacial score (nSPS) is 43.9. The van der Waals surface area contributed by atoms with Crippen molar-refractivity contribution < 1.29 is 0 Å². The number of hydrogen-bond donors (Lipinski definition) is 0. The summed E-state index contributed by atoms with van der Waals surface area (Å²) in [6.45, 7) is 12.1. The maximum atomic E-state index is 2.42. The summed E-state index contributed by atoms with van der Waals surface area (Å²) in [6, 6.07) is 0. The minimum Gasteiger partial charge on any atom is -0.0622 e. The summed E-state index contributed by atoms with van der Waals surface area (Å²) >= 11 is 0. The van der Waals surface area contributed by atoms with E-state index in [1.807, 2.05) is 0 Å². The Kier molecular flexibility index (Phi) is 2.32. The van der Waals surface area contributed by atoms with E-state index in [2.05, 4.69) is 34.6 Å². The average Bonchev–Trinajstić information content (AvgIpc) is 1.95. The van der Waals surface area contributed by atoms with Crippen LogP contribution in [0.15, 0.2) is 0 Å². The van der Waals surface area contributed by atoms with Crippen LogP contribution < -0.4 is 0 Å². The average molecular weight is 154 g/mol. The van der Waals surface area contributed by atoms with Gasteiger partial charge in [0.2, 0.25) is 0 Å². The molecule has 0 spiro atoms. The molecule has 1 saturated carbocycles. The van der Waals surface area contributed by atoms with Crippen LogP contribution in [0.1, 0.15) is 47.5 Å². The van der Waals surface area contributed by atoms with Gasteiger partial charge in [0, 0.05) is 0 Å². The van der Waals surface area contributed by atoms with Gasteiger partial charge in [-0.25, -0.2) is 0 Å². The van der Waals surface area contributed by atoms with Gasteiger partial charge in [-0.1, -0.05) is 34.6 Å². The molecule has 0 heteroatoms. The highest BCUT2D eigenvalue weighted by atomic mass is 14.4. The second-order valence-electron chi connectivity index (χ2n) is 5.15. The van der Waals surface area contributed by atoms with Crippen LogP contribution in [-0.2, 0) is 0 Å². The molecule has 0 nitrogen and oxygen atoms in total. The minimum absolute atomic E-state index is 0.589. The van der Waals surface area contributed by atoms with E-state index in [0.29, 0.717) is 5.41 Å². The van der Waals surface area contributed by atoms with E-state index in [4.69, 9.17) is 0 Å². The van der Waals surface area contributed by atoms with Crippen molar-refractivity contribution >= 4 is 0 Å². The van der Waals surface area contributed by atoms with Gasteiger partial charge in [-0.05, 0) is 36.0 Å². The fourth-order valence-corrected chi connectivity index (χ4v) is 2.29. The van der Waals surface area contributed by atoms with Crippen LogP contribution in [0.25, 0.3) is 0 Å². The van der Waals surface area contributed by atoms with E-state index in [1.54, 1.807) is 0 Å². The van der Waals surface area contributed by atoms with Crippen LogP contribution in [0.3, 0.4) is 0 Å². The van der Waals surface area contributed by atoms with E-state index < -0.39 is 0 Å². The topological polar surface area (TPSA) is 0 Å². The van der Waals surface area contributed by atoms with Gasteiger partial charge >= 0.3 is 0 Å². The van der Waals surface area contributed by atoms with E-state index in [0.717, 1.165) is 17.8 Å². The minimum atomic E-state index is 0.589. The van der Waals surface area contributed by atoms with Crippen molar-refractivity contribution in [1.82, 2.24) is 0 Å². The van der Waals surface area contributed by atoms with Crippen molar-refractivity contribution in [3.63, 3.8) is 0 Å². The van der Waals surface area contributed by atoms with Crippen LogP contribution in [0.5, 0.6) is 0 Å². The Bertz CT molecular complexity index is 135. The molecule has 11 heavy (non-hydrogen) atoms. The molecule has 0 heterocycles. The number of rotatable bonds is 0. The van der Waals surface area contributed by atoms with E-state index in [9.17, 15) is 0 Å². The first kappa shape index (κ1) is 9.09. The third-order valence-corrected chi connectivity index (χ3v) is 4.16. The van der Waals surface area contributed by atoms with Crippen LogP contribution in [0, 0.1) is 23.2 Å². The second kappa shape index (κ2) is 2.80. The smallest absolute Gasteiger partial charge is 0.0326 e. The van der Waals surface area contributed by atoms with Gasteiger partial charge in [0.25, 0.3) is 0 Å². The van der Waals surface area contributed by atoms with Crippen molar-refractivity contribution in [2.45, 2.75) is 47.5 Å². The Morgan fingerprint density at radius 3 is 2.09 bits per heavy atom. The van der Waals surface area contributed by atoms with Crippen LogP contribution >= 0.6 is 0 Å². The highest BCUT2D eigenvalue weighted by Crippen LogP contribution is 2.45. The highest BCUT2D eigenvalue weighted by Gasteiger charge is 2.36. The highest BCUT2D eigenvalue weighted by molar-refractivity contribution is 4.86. The standard InChI is InChI=1S/C11H22/c1-8-6-7-11(4,5)10(3)9(8)2/h8-10H,6-7H2,1-5H3. The largest absolute Gasteiger partial charge is 0.0622 e. The van der Waals surface area contributed by atoms with Gasteiger partial charge in [0.05, 0.1) is 0 Å². The molecule has 0 saturated heterocycles. The van der Waals surface area contributed by atoms with Crippen molar-refractivity contribution in [3.8, 4) is 0 Å². The van der Waals surface area contributed by atoms with Crippen molar-refractivity contribution in [2.75, 3.05) is 0 Å². The number of hydrogen-bond acceptors (Lipinski definition) is 0. The molecule has 0 aromatic rings. The molecular formula is C11H22. The van der Waals surface area contributed by atoms with Crippen LogP contribution in [-0.4, -0.2) is 0 Å². The second-order valence-corrected chi connectivity index (χ2v) is 5.15. The summed E-state index contributed by atoms with van der Waals surface area (Å²) in [6.07, 6.45) is 2.85. The predicted molar refractivity (Wildman–Crippen MR) is 50.5 cm³/mol. The Labute approximate surface area is 71.4 Å². The van der Waals surface area contributed by atoms with Gasteiger partial charge in [-0.3, -0.25) is 0 Å². The lowest BCUT2D eigenvalue weighted by Crippen LogP contribution is -2.35. The molecule has 0 aromatic carbocycles. The van der Waals surface area contributed by atoms with E-state index >= 15 is 0 Å². The monoisotopic (exact) mass is 154 g/mol. The van der Waals surface area contributed by atoms with E-state index in [-0.39, 0.29) is 0 Å². The fraction of sp³-hybridized carbons (Fsp3) is 1.00. The molecule has 3 unspecified atom stereocenters. The first-order valence-corrected chi connectivity index (χ1v) is 4.95. The lowest BCUT2D eigenvalue weighted by Gasteiger charge is -2.44. The fourth-order valence-electron chi connectivity index (χ4n) is 2.29. The summed E-state index contributed by atoms with van der Waals surface area (Å²) < 4.78 is 0. The summed E-state index contributed by atoms with van der Waals surface area (Å²) in [5.41, 5.74) is 0.589. The maximum Gasteiger partial charge on any atom is -0.0326 e. The molecule has 1 aliphatic carbocycles. The molecule has 3 atom stereocenters. The molecule has 1 aliphatic rings. The lowest BCUT2D eigenvalue weighted by molar-refractivity contribution is 0.0586. The van der Waals surface area contributed by atoms with Gasteiger partial charge in [-0.15, -0.1) is 0 Å². The summed E-state index contributed by atoms with van der Waals surface area (Å²) in [4.78, 5) is 0. The van der Waals surface area contributed by atoms with Gasteiger partial charge in [0.1, 0.15) is 0 Å². The molecule has 0 amide bonds. The first-order valence-electron chi connectivity index (χ1n) is 4.95. The first-order chi connectivity index (χ1) is 4.95. The van der Waals surface area contributed by atoms with Gasteiger partial charge in [-0.2, -0.15) is 0 Å². The summed E-state index contributed by atoms with van der Waals surface area (Å²) in [7, 11) is 0. The third-order valence-electron chi connectivity index (χ3n) is 4.16. The molecule has 0 bridgehead atoms. The van der Waals surface area contributed by atoms with Crippen molar-refractivity contribution in [1.29, 1.82) is 0 Å². The zero-order valence-electron chi connectivity index (χ0n) is 8.65. The van der Waals surface area contributed by atoms with Gasteiger partial charge < -0.3 is 0 Å². The summed E-state index contributed by atoms with van der Waals surface area (Å²) in [5, 5.41) is 0. The molecule has 1 rings (SSSR count). The Morgan fingerprint density at radius 1 is 1.09 bits per heavy atom. The van der Waals surface area contributed by atoms with Crippen molar-refractivity contribution in [3.05, 3.63) is 0 Å². The van der Waals surface area contributed by atoms with Crippen molar-refractivity contribution in [2.24, 2.45) is 23.2 Å². The Balaban J connectivity index is 2.67. The van der Waals surface area contributed by atoms with Gasteiger partial charge in [0.15, 0.2) is 0 Å². The van der Waals surface area contributed by atoms with Crippen LogP contribution in [0.4, 0.5) is 0 Å². The zero-order chi connectivity index (χ0) is 8.65. The Hall–Kier alpha value is 0.